The van der Waals surface area contributed by atoms with Gasteiger partial charge in [-0.3, -0.25) is 4.79 Å². The van der Waals surface area contributed by atoms with Gasteiger partial charge >= 0.3 is 0 Å². The molecule has 37 heavy (non-hydrogen) atoms. The minimum absolute atomic E-state index is 0.197. The van der Waals surface area contributed by atoms with Crippen LogP contribution >= 0.6 is 0 Å². The van der Waals surface area contributed by atoms with E-state index in [1.54, 1.807) is 6.07 Å². The molecule has 0 spiro atoms. The number of aromatic amines is 2. The summed E-state index contributed by atoms with van der Waals surface area (Å²) in [7, 11) is 4.04. The van der Waals surface area contributed by atoms with Gasteiger partial charge in [0.25, 0.3) is 5.56 Å². The minimum Gasteiger partial charge on any atom is -0.383 e. The second-order valence-corrected chi connectivity index (χ2v) is 10.7. The number of H-pyrrole nitrogens is 2. The fourth-order valence-electron chi connectivity index (χ4n) is 5.83. The van der Waals surface area contributed by atoms with Crippen molar-refractivity contribution in [2.24, 2.45) is 5.92 Å². The third-order valence-corrected chi connectivity index (χ3v) is 7.81. The van der Waals surface area contributed by atoms with Crippen LogP contribution in [-0.2, 0) is 0 Å². The molecule has 2 aromatic carbocycles. The molecule has 3 aliphatic rings. The van der Waals surface area contributed by atoms with Gasteiger partial charge in [0, 0.05) is 24.5 Å². The lowest BCUT2D eigenvalue weighted by Gasteiger charge is -2.45. The fraction of sp³-hybridized carbons (Fsp3) is 0.429. The summed E-state index contributed by atoms with van der Waals surface area (Å²) in [6.45, 7) is 4.71. The van der Waals surface area contributed by atoms with Crippen molar-refractivity contribution < 1.29 is 4.39 Å². The van der Waals surface area contributed by atoms with Crippen LogP contribution < -0.4 is 16.2 Å². The molecule has 0 aliphatic carbocycles. The highest BCUT2D eigenvalue weighted by molar-refractivity contribution is 6.00. The highest BCUT2D eigenvalue weighted by Gasteiger charge is 2.35. The molecule has 8 nitrogen and oxygen atoms in total. The summed E-state index contributed by atoms with van der Waals surface area (Å²) in [4.78, 5) is 29.2. The number of rotatable bonds is 8. The molecule has 9 heteroatoms. The van der Waals surface area contributed by atoms with E-state index in [9.17, 15) is 4.79 Å². The van der Waals surface area contributed by atoms with Crippen molar-refractivity contribution in [2.45, 2.75) is 25.3 Å². The number of nitrogens with zero attached hydrogens (tertiary/aromatic N) is 3. The van der Waals surface area contributed by atoms with Gasteiger partial charge < -0.3 is 30.4 Å². The number of anilines is 2. The third-order valence-electron chi connectivity index (χ3n) is 7.81. The summed E-state index contributed by atoms with van der Waals surface area (Å²) >= 11 is 0. The van der Waals surface area contributed by atoms with E-state index in [0.717, 1.165) is 56.5 Å². The number of benzene rings is 2. The van der Waals surface area contributed by atoms with Crippen LogP contribution in [0.15, 0.2) is 41.2 Å². The molecule has 0 saturated carbocycles. The van der Waals surface area contributed by atoms with E-state index < -0.39 is 0 Å². The first-order valence-corrected chi connectivity index (χ1v) is 13.2. The summed E-state index contributed by atoms with van der Waals surface area (Å²) < 4.78 is 15.4. The van der Waals surface area contributed by atoms with E-state index in [4.69, 9.17) is 4.98 Å². The Kier molecular flexibility index (Phi) is 6.34. The lowest BCUT2D eigenvalue weighted by Crippen LogP contribution is -2.53. The van der Waals surface area contributed by atoms with Crippen LogP contribution in [0.3, 0.4) is 0 Å². The lowest BCUT2D eigenvalue weighted by atomic mass is 9.83. The van der Waals surface area contributed by atoms with E-state index in [0.29, 0.717) is 46.1 Å². The number of halogens is 1. The van der Waals surface area contributed by atoms with Gasteiger partial charge in [0.05, 0.1) is 27.9 Å². The molecular weight excluding hydrogens is 469 g/mol. The van der Waals surface area contributed by atoms with Crippen molar-refractivity contribution in [1.82, 2.24) is 24.8 Å². The second kappa shape index (κ2) is 9.79. The Morgan fingerprint density at radius 1 is 1.14 bits per heavy atom. The molecule has 0 amide bonds. The minimum atomic E-state index is -0.336. The molecule has 4 N–H and O–H groups in total. The Balaban J connectivity index is 1.44. The average molecular weight is 504 g/mol. The molecule has 4 aromatic rings. The number of pyridine rings is 1. The van der Waals surface area contributed by atoms with E-state index >= 15 is 4.39 Å². The summed E-state index contributed by atoms with van der Waals surface area (Å²) in [5.74, 6) is 0.682. The topological polar surface area (TPSA) is 92.1 Å². The van der Waals surface area contributed by atoms with Gasteiger partial charge in [0.1, 0.15) is 17.2 Å². The smallest absolute Gasteiger partial charge is 0.261 e. The summed E-state index contributed by atoms with van der Waals surface area (Å²) in [5.41, 5.74) is 3.46. The number of fused-ring (bicyclic) bond motifs is 5. The highest BCUT2D eigenvalue weighted by atomic mass is 19.1. The van der Waals surface area contributed by atoms with E-state index in [1.807, 2.05) is 38.4 Å². The van der Waals surface area contributed by atoms with E-state index in [-0.39, 0.29) is 17.4 Å². The standard InChI is InChI=1S/C28H34FN7O/c1-35(2)11-5-10-30-23-15-22-18(14-19(23)29)26(31-24-16-36-12-8-17(24)9-13-36)25(28(37)34-22)27-32-20-6-3-4-7-21(20)33-27/h3-4,6-7,14-15,17,24,30H,5,8-13,16H2,1-2H3,(H,32,33)(H2,31,34,37)/t24-/m1/s1. The quantitative estimate of drug-likeness (QED) is 0.271. The monoisotopic (exact) mass is 503 g/mol. The van der Waals surface area contributed by atoms with Gasteiger partial charge in [-0.25, -0.2) is 9.37 Å². The maximum absolute atomic E-state index is 15.4. The van der Waals surface area contributed by atoms with Gasteiger partial charge in [0.2, 0.25) is 0 Å². The van der Waals surface area contributed by atoms with Crippen LogP contribution in [0.4, 0.5) is 15.8 Å². The molecule has 0 unspecified atom stereocenters. The Morgan fingerprint density at radius 3 is 2.68 bits per heavy atom. The van der Waals surface area contributed by atoms with E-state index in [1.165, 1.54) is 6.07 Å². The Labute approximate surface area is 215 Å². The average Bonchev–Trinajstić information content (AvgIpc) is 3.31. The van der Waals surface area contributed by atoms with Gasteiger partial charge in [-0.15, -0.1) is 0 Å². The highest BCUT2D eigenvalue weighted by Crippen LogP contribution is 2.37. The van der Waals surface area contributed by atoms with Crippen molar-refractivity contribution in [1.29, 1.82) is 0 Å². The van der Waals surface area contributed by atoms with Crippen LogP contribution in [0.2, 0.25) is 0 Å². The summed E-state index contributed by atoms with van der Waals surface area (Å²) in [6.07, 6.45) is 3.15. The van der Waals surface area contributed by atoms with Crippen LogP contribution in [0.1, 0.15) is 19.3 Å². The van der Waals surface area contributed by atoms with Gasteiger partial charge in [-0.05, 0) is 83.2 Å². The van der Waals surface area contributed by atoms with E-state index in [2.05, 4.69) is 30.4 Å². The molecule has 2 bridgehead atoms. The van der Waals surface area contributed by atoms with Gasteiger partial charge in [-0.2, -0.15) is 0 Å². The number of imidazole rings is 1. The van der Waals surface area contributed by atoms with Crippen molar-refractivity contribution in [3.8, 4) is 11.4 Å². The zero-order valence-electron chi connectivity index (χ0n) is 21.4. The van der Waals surface area contributed by atoms with Crippen LogP contribution in [0.25, 0.3) is 33.3 Å². The number of aromatic nitrogens is 3. The lowest BCUT2D eigenvalue weighted by molar-refractivity contribution is 0.0976. The molecule has 2 aromatic heterocycles. The molecule has 0 radical (unpaired) electrons. The molecule has 3 saturated heterocycles. The number of para-hydroxylation sites is 2. The van der Waals surface area contributed by atoms with Crippen molar-refractivity contribution in [3.05, 3.63) is 52.6 Å². The summed E-state index contributed by atoms with van der Waals surface area (Å²) in [5, 5.41) is 7.56. The number of hydrogen-bond donors (Lipinski definition) is 4. The first-order chi connectivity index (χ1) is 18.0. The molecule has 3 aliphatic heterocycles. The number of nitrogens with one attached hydrogen (secondary N) is 4. The first-order valence-electron chi connectivity index (χ1n) is 13.2. The predicted molar refractivity (Wildman–Crippen MR) is 148 cm³/mol. The van der Waals surface area contributed by atoms with Crippen LogP contribution in [0.5, 0.6) is 0 Å². The third kappa shape index (κ3) is 4.69. The molecule has 5 heterocycles. The molecular formula is C28H34FN7O. The number of hydrogen-bond acceptors (Lipinski definition) is 6. The van der Waals surface area contributed by atoms with Crippen LogP contribution in [-0.4, -0.2) is 77.6 Å². The Bertz CT molecular complexity index is 1450. The largest absolute Gasteiger partial charge is 0.383 e. The first kappa shape index (κ1) is 23.9. The zero-order valence-corrected chi connectivity index (χ0v) is 21.4. The maximum atomic E-state index is 15.4. The molecule has 194 valence electrons. The normalized spacial score (nSPS) is 21.2. The van der Waals surface area contributed by atoms with Crippen molar-refractivity contribution in [3.63, 3.8) is 0 Å². The second-order valence-electron chi connectivity index (χ2n) is 10.7. The van der Waals surface area contributed by atoms with Crippen molar-refractivity contribution >= 4 is 33.3 Å². The molecule has 3 fully saturated rings. The zero-order chi connectivity index (χ0) is 25.5. The number of piperidine rings is 3. The fourth-order valence-corrected chi connectivity index (χ4v) is 5.83. The Hall–Kier alpha value is -3.43. The maximum Gasteiger partial charge on any atom is 0.261 e. The Morgan fingerprint density at radius 2 is 1.95 bits per heavy atom. The summed E-state index contributed by atoms with van der Waals surface area (Å²) in [6, 6.07) is 11.2. The SMILES string of the molecule is CN(C)CCCNc1cc2[nH]c(=O)c(-c3nc4ccccc4[nH]3)c(N[C@@H]3CN4CCC3CC4)c2cc1F. The van der Waals surface area contributed by atoms with Gasteiger partial charge in [0.15, 0.2) is 0 Å². The molecule has 1 atom stereocenters. The van der Waals surface area contributed by atoms with Crippen molar-refractivity contribution in [2.75, 3.05) is 57.5 Å². The molecule has 7 rings (SSSR count). The van der Waals surface area contributed by atoms with Crippen LogP contribution in [0, 0.1) is 11.7 Å². The van der Waals surface area contributed by atoms with Gasteiger partial charge in [-0.1, -0.05) is 12.1 Å². The predicted octanol–water partition coefficient (Wildman–Crippen LogP) is 4.08.